The number of aromatic nitrogens is 1. The van der Waals surface area contributed by atoms with E-state index in [-0.39, 0.29) is 18.5 Å². The number of aliphatic hydroxyl groups is 1. The number of fused-ring (bicyclic) bond motifs is 1. The molecule has 1 N–H and O–H groups in total. The van der Waals surface area contributed by atoms with E-state index in [0.717, 1.165) is 42.6 Å². The quantitative estimate of drug-likeness (QED) is 0.910. The molecule has 0 aliphatic heterocycles. The molecule has 1 aromatic heterocycles. The predicted octanol–water partition coefficient (Wildman–Crippen LogP) is 3.46. The van der Waals surface area contributed by atoms with Crippen LogP contribution in [0.25, 0.3) is 0 Å². The van der Waals surface area contributed by atoms with Gasteiger partial charge in [-0.1, -0.05) is 36.4 Å². The van der Waals surface area contributed by atoms with Crippen molar-refractivity contribution in [1.29, 1.82) is 0 Å². The average Bonchev–Trinajstić information content (AvgIpc) is 2.40. The molecule has 1 aromatic carbocycles. The van der Waals surface area contributed by atoms with Crippen LogP contribution in [0, 0.1) is 0 Å². The minimum absolute atomic E-state index is 0. The molecule has 1 atom stereocenters. The molecule has 2 nitrogen and oxygen atoms in total. The smallest absolute Gasteiger partial charge is 0.0807 e. The van der Waals surface area contributed by atoms with Crippen molar-refractivity contribution < 1.29 is 5.11 Å². The Bertz CT molecular complexity index is 542. The van der Waals surface area contributed by atoms with E-state index in [4.69, 9.17) is 4.98 Å². The van der Waals surface area contributed by atoms with Gasteiger partial charge in [0.15, 0.2) is 0 Å². The van der Waals surface area contributed by atoms with Crippen LogP contribution in [0.5, 0.6) is 0 Å². The highest BCUT2D eigenvalue weighted by Gasteiger charge is 2.18. The Kier molecular flexibility index (Phi) is 4.56. The second-order valence-electron chi connectivity index (χ2n) is 4.91. The van der Waals surface area contributed by atoms with Crippen LogP contribution >= 0.6 is 12.4 Å². The lowest BCUT2D eigenvalue weighted by molar-refractivity contribution is 0.155. The number of aliphatic hydroxyl groups excluding tert-OH is 1. The lowest BCUT2D eigenvalue weighted by atomic mass is 9.93. The van der Waals surface area contributed by atoms with Crippen LogP contribution in [0.1, 0.15) is 41.5 Å². The summed E-state index contributed by atoms with van der Waals surface area (Å²) in [7, 11) is 0. The first kappa shape index (κ1) is 14.0. The van der Waals surface area contributed by atoms with E-state index in [1.54, 1.807) is 0 Å². The lowest BCUT2D eigenvalue weighted by Crippen LogP contribution is -2.12. The Balaban J connectivity index is 0.00000133. The minimum atomic E-state index is -0.313. The number of halogens is 1. The molecule has 1 unspecified atom stereocenters. The Morgan fingerprint density at radius 3 is 2.68 bits per heavy atom. The van der Waals surface area contributed by atoms with Crippen molar-refractivity contribution in [3.63, 3.8) is 0 Å². The largest absolute Gasteiger partial charge is 0.388 e. The van der Waals surface area contributed by atoms with Crippen molar-refractivity contribution in [2.45, 2.75) is 31.8 Å². The fourth-order valence-electron chi connectivity index (χ4n) is 2.58. The molecule has 0 saturated heterocycles. The monoisotopic (exact) mass is 275 g/mol. The van der Waals surface area contributed by atoms with Crippen LogP contribution < -0.4 is 0 Å². The van der Waals surface area contributed by atoms with Gasteiger partial charge in [0, 0.05) is 23.4 Å². The Hall–Kier alpha value is -1.38. The number of rotatable bonds is 2. The third-order valence-electron chi connectivity index (χ3n) is 3.55. The topological polar surface area (TPSA) is 33.1 Å². The molecule has 19 heavy (non-hydrogen) atoms. The third kappa shape index (κ3) is 3.14. The normalized spacial score (nSPS) is 17.4. The summed E-state index contributed by atoms with van der Waals surface area (Å²) < 4.78 is 0. The van der Waals surface area contributed by atoms with Gasteiger partial charge in [0.2, 0.25) is 0 Å². The molecular weight excluding hydrogens is 258 g/mol. The molecular formula is C16H18ClNO. The molecule has 1 aliphatic carbocycles. The first-order chi connectivity index (χ1) is 8.83. The van der Waals surface area contributed by atoms with Crippen LogP contribution in [-0.4, -0.2) is 10.1 Å². The van der Waals surface area contributed by atoms with Gasteiger partial charge in [0.25, 0.3) is 0 Å². The number of aryl methyl sites for hydroxylation is 1. The van der Waals surface area contributed by atoms with E-state index in [1.165, 1.54) is 5.56 Å². The zero-order chi connectivity index (χ0) is 12.4. The van der Waals surface area contributed by atoms with Gasteiger partial charge in [-0.25, -0.2) is 0 Å². The van der Waals surface area contributed by atoms with Crippen LogP contribution in [-0.2, 0) is 12.8 Å². The zero-order valence-corrected chi connectivity index (χ0v) is 11.6. The molecule has 0 bridgehead atoms. The van der Waals surface area contributed by atoms with Gasteiger partial charge in [0.05, 0.1) is 6.10 Å². The van der Waals surface area contributed by atoms with Crippen LogP contribution in [0.2, 0.25) is 0 Å². The van der Waals surface area contributed by atoms with E-state index in [9.17, 15) is 5.11 Å². The molecule has 0 saturated carbocycles. The third-order valence-corrected chi connectivity index (χ3v) is 3.55. The maximum absolute atomic E-state index is 9.90. The summed E-state index contributed by atoms with van der Waals surface area (Å²) in [5.41, 5.74) is 4.48. The van der Waals surface area contributed by atoms with E-state index < -0.39 is 0 Å². The average molecular weight is 276 g/mol. The van der Waals surface area contributed by atoms with E-state index >= 15 is 0 Å². The molecule has 0 radical (unpaired) electrons. The molecule has 1 aliphatic rings. The summed E-state index contributed by atoms with van der Waals surface area (Å²) in [5.74, 6) is 0. The maximum Gasteiger partial charge on any atom is 0.0807 e. The molecule has 0 amide bonds. The summed E-state index contributed by atoms with van der Waals surface area (Å²) >= 11 is 0. The van der Waals surface area contributed by atoms with Gasteiger partial charge in [-0.05, 0) is 30.9 Å². The first-order valence-corrected chi connectivity index (χ1v) is 6.53. The molecule has 2 aromatic rings. The highest BCUT2D eigenvalue weighted by Crippen LogP contribution is 2.28. The SMILES string of the molecule is Cl.OC1CCCc2nc(Cc3ccccc3)ccc21. The number of nitrogens with zero attached hydrogens (tertiary/aromatic N) is 1. The summed E-state index contributed by atoms with van der Waals surface area (Å²) in [6.07, 6.45) is 3.45. The molecule has 0 spiro atoms. The molecule has 1 heterocycles. The summed E-state index contributed by atoms with van der Waals surface area (Å²) in [6.45, 7) is 0. The highest BCUT2D eigenvalue weighted by molar-refractivity contribution is 5.85. The van der Waals surface area contributed by atoms with Crippen LogP contribution in [0.15, 0.2) is 42.5 Å². The van der Waals surface area contributed by atoms with Gasteiger partial charge in [-0.15, -0.1) is 12.4 Å². The Labute approximate surface area is 119 Å². The van der Waals surface area contributed by atoms with Crippen molar-refractivity contribution in [2.75, 3.05) is 0 Å². The summed E-state index contributed by atoms with van der Waals surface area (Å²) in [5, 5.41) is 9.90. The van der Waals surface area contributed by atoms with E-state index in [2.05, 4.69) is 24.3 Å². The number of hydrogen-bond acceptors (Lipinski definition) is 2. The number of benzene rings is 1. The fraction of sp³-hybridized carbons (Fsp3) is 0.312. The molecule has 3 rings (SSSR count). The summed E-state index contributed by atoms with van der Waals surface area (Å²) in [4.78, 5) is 4.70. The molecule has 3 heteroatoms. The molecule has 0 fully saturated rings. The van der Waals surface area contributed by atoms with Crippen LogP contribution in [0.4, 0.5) is 0 Å². The molecule has 100 valence electrons. The van der Waals surface area contributed by atoms with Crippen LogP contribution in [0.3, 0.4) is 0 Å². The van der Waals surface area contributed by atoms with Gasteiger partial charge in [-0.2, -0.15) is 0 Å². The van der Waals surface area contributed by atoms with Crippen molar-refractivity contribution >= 4 is 12.4 Å². The van der Waals surface area contributed by atoms with Gasteiger partial charge in [0.1, 0.15) is 0 Å². The van der Waals surface area contributed by atoms with E-state index in [1.807, 2.05) is 18.2 Å². The first-order valence-electron chi connectivity index (χ1n) is 6.53. The lowest BCUT2D eigenvalue weighted by Gasteiger charge is -2.20. The minimum Gasteiger partial charge on any atom is -0.388 e. The summed E-state index contributed by atoms with van der Waals surface area (Å²) in [6, 6.07) is 14.5. The van der Waals surface area contributed by atoms with Crippen molar-refractivity contribution in [3.05, 3.63) is 65.0 Å². The Morgan fingerprint density at radius 1 is 1.11 bits per heavy atom. The van der Waals surface area contributed by atoms with Gasteiger partial charge in [-0.3, -0.25) is 4.98 Å². The Morgan fingerprint density at radius 2 is 1.89 bits per heavy atom. The van der Waals surface area contributed by atoms with Gasteiger partial charge >= 0.3 is 0 Å². The predicted molar refractivity (Wildman–Crippen MR) is 78.6 cm³/mol. The van der Waals surface area contributed by atoms with Crippen molar-refractivity contribution in [2.24, 2.45) is 0 Å². The standard InChI is InChI=1S/C16H17NO.ClH/c18-16-8-4-7-15-14(16)10-9-13(17-15)11-12-5-2-1-3-6-12;/h1-3,5-6,9-10,16,18H,4,7-8,11H2;1H. The maximum atomic E-state index is 9.90. The highest BCUT2D eigenvalue weighted by atomic mass is 35.5. The second kappa shape index (κ2) is 6.18. The van der Waals surface area contributed by atoms with Crippen molar-refractivity contribution in [1.82, 2.24) is 4.98 Å². The number of hydrogen-bond donors (Lipinski definition) is 1. The fourth-order valence-corrected chi connectivity index (χ4v) is 2.58. The van der Waals surface area contributed by atoms with Gasteiger partial charge < -0.3 is 5.11 Å². The van der Waals surface area contributed by atoms with Crippen molar-refractivity contribution in [3.8, 4) is 0 Å². The van der Waals surface area contributed by atoms with E-state index in [0.29, 0.717) is 0 Å². The zero-order valence-electron chi connectivity index (χ0n) is 10.7. The number of pyridine rings is 1. The second-order valence-corrected chi connectivity index (χ2v) is 4.91.